The van der Waals surface area contributed by atoms with E-state index in [0.717, 1.165) is 44.2 Å². The van der Waals surface area contributed by atoms with Gasteiger partial charge < -0.3 is 20.3 Å². The predicted octanol–water partition coefficient (Wildman–Crippen LogP) is 2.89. The molecule has 2 N–H and O–H groups in total. The summed E-state index contributed by atoms with van der Waals surface area (Å²) in [4.78, 5) is 18.6. The van der Waals surface area contributed by atoms with Gasteiger partial charge in [-0.1, -0.05) is 18.2 Å². The van der Waals surface area contributed by atoms with Crippen molar-refractivity contribution in [2.24, 2.45) is 10.9 Å². The molecule has 1 aromatic rings. The molecule has 0 aromatic heterocycles. The van der Waals surface area contributed by atoms with Gasteiger partial charge in [0, 0.05) is 33.1 Å². The van der Waals surface area contributed by atoms with Crippen molar-refractivity contribution in [3.63, 3.8) is 0 Å². The van der Waals surface area contributed by atoms with Gasteiger partial charge in [-0.25, -0.2) is 4.99 Å². The Morgan fingerprint density at radius 1 is 1.30 bits per heavy atom. The van der Waals surface area contributed by atoms with Gasteiger partial charge in [-0.2, -0.15) is 0 Å². The summed E-state index contributed by atoms with van der Waals surface area (Å²) in [6.45, 7) is 7.43. The Bertz CT molecular complexity index is 575. The molecule has 27 heavy (non-hydrogen) atoms. The Kier molecular flexibility index (Phi) is 11.2. The van der Waals surface area contributed by atoms with E-state index in [9.17, 15) is 4.79 Å². The summed E-state index contributed by atoms with van der Waals surface area (Å²) in [6.07, 6.45) is 2.68. The Labute approximate surface area is 180 Å². The van der Waals surface area contributed by atoms with E-state index >= 15 is 0 Å². The van der Waals surface area contributed by atoms with Gasteiger partial charge in [0.1, 0.15) is 11.9 Å². The lowest BCUT2D eigenvalue weighted by molar-refractivity contribution is -0.121. The second-order valence-electron chi connectivity index (χ2n) is 6.74. The highest BCUT2D eigenvalue weighted by Crippen LogP contribution is 2.20. The molecule has 152 valence electrons. The van der Waals surface area contributed by atoms with Crippen LogP contribution in [0.2, 0.25) is 0 Å². The zero-order valence-electron chi connectivity index (χ0n) is 16.6. The number of benzene rings is 1. The van der Waals surface area contributed by atoms with Crippen molar-refractivity contribution in [2.75, 3.05) is 33.2 Å². The summed E-state index contributed by atoms with van der Waals surface area (Å²) < 4.78 is 5.91. The number of aliphatic imine (C=N–C) groups is 1. The third kappa shape index (κ3) is 8.36. The maximum atomic E-state index is 11.6. The molecule has 1 fully saturated rings. The number of ether oxygens (including phenoxy) is 1. The quantitative estimate of drug-likeness (QED) is 0.352. The molecule has 1 heterocycles. The second kappa shape index (κ2) is 12.8. The smallest absolute Gasteiger partial charge is 0.220 e. The average Bonchev–Trinajstić information content (AvgIpc) is 2.66. The van der Waals surface area contributed by atoms with E-state index < -0.39 is 0 Å². The van der Waals surface area contributed by atoms with Crippen LogP contribution in [0.25, 0.3) is 0 Å². The van der Waals surface area contributed by atoms with Crippen LogP contribution in [0.15, 0.2) is 35.3 Å². The molecule has 1 aromatic carbocycles. The van der Waals surface area contributed by atoms with Gasteiger partial charge in [0.05, 0.1) is 6.54 Å². The Morgan fingerprint density at radius 3 is 2.56 bits per heavy atom. The third-order valence-corrected chi connectivity index (χ3v) is 4.58. The van der Waals surface area contributed by atoms with Gasteiger partial charge >= 0.3 is 0 Å². The zero-order valence-corrected chi connectivity index (χ0v) is 18.9. The predicted molar refractivity (Wildman–Crippen MR) is 121 cm³/mol. The summed E-state index contributed by atoms with van der Waals surface area (Å²) in [5.74, 6) is 2.41. The van der Waals surface area contributed by atoms with Crippen molar-refractivity contribution in [3.05, 3.63) is 30.3 Å². The number of amides is 1. The number of carbonyl (C=O) groups excluding carboxylic acids is 1. The van der Waals surface area contributed by atoms with E-state index in [0.29, 0.717) is 18.9 Å². The molecular weight excluding hydrogens is 455 g/mol. The number of nitrogens with one attached hydrogen (secondary N) is 2. The van der Waals surface area contributed by atoms with Crippen molar-refractivity contribution >= 4 is 35.8 Å². The largest absolute Gasteiger partial charge is 0.489 e. The van der Waals surface area contributed by atoms with Crippen LogP contribution in [0, 0.1) is 5.92 Å². The van der Waals surface area contributed by atoms with Gasteiger partial charge in [-0.3, -0.25) is 4.79 Å². The first-order valence-corrected chi connectivity index (χ1v) is 9.58. The fourth-order valence-corrected chi connectivity index (χ4v) is 3.12. The summed E-state index contributed by atoms with van der Waals surface area (Å²) in [5.41, 5.74) is 0. The molecule has 0 aliphatic carbocycles. The number of rotatable bonds is 7. The van der Waals surface area contributed by atoms with E-state index in [1.807, 2.05) is 37.3 Å². The average molecular weight is 488 g/mol. The molecule has 0 spiro atoms. The van der Waals surface area contributed by atoms with Crippen molar-refractivity contribution in [1.29, 1.82) is 0 Å². The molecule has 0 bridgehead atoms. The minimum Gasteiger partial charge on any atom is -0.489 e. The summed E-state index contributed by atoms with van der Waals surface area (Å²) in [5, 5.41) is 6.10. The summed E-state index contributed by atoms with van der Waals surface area (Å²) in [7, 11) is 1.70. The number of likely N-dealkylation sites (tertiary alicyclic amines) is 1. The van der Waals surface area contributed by atoms with Gasteiger partial charge in [0.2, 0.25) is 5.91 Å². The van der Waals surface area contributed by atoms with Crippen LogP contribution in [0.5, 0.6) is 5.75 Å². The first-order chi connectivity index (χ1) is 12.6. The maximum Gasteiger partial charge on any atom is 0.220 e. The fraction of sp³-hybridized carbons (Fsp3) is 0.600. The van der Waals surface area contributed by atoms with Crippen molar-refractivity contribution < 1.29 is 9.53 Å². The molecule has 1 amide bonds. The molecule has 1 atom stereocenters. The first-order valence-electron chi connectivity index (χ1n) is 9.58. The van der Waals surface area contributed by atoms with E-state index in [4.69, 9.17) is 9.73 Å². The van der Waals surface area contributed by atoms with E-state index in [1.165, 1.54) is 0 Å². The molecular formula is C20H33IN4O2. The van der Waals surface area contributed by atoms with E-state index in [-0.39, 0.29) is 36.0 Å². The molecule has 1 saturated heterocycles. The molecule has 0 radical (unpaired) electrons. The summed E-state index contributed by atoms with van der Waals surface area (Å²) in [6, 6.07) is 9.84. The highest BCUT2D eigenvalue weighted by atomic mass is 127. The monoisotopic (exact) mass is 488 g/mol. The Morgan fingerprint density at radius 2 is 1.96 bits per heavy atom. The highest BCUT2D eigenvalue weighted by Gasteiger charge is 2.23. The highest BCUT2D eigenvalue weighted by molar-refractivity contribution is 14.0. The minimum absolute atomic E-state index is 0. The van der Waals surface area contributed by atoms with E-state index in [1.54, 1.807) is 7.05 Å². The number of nitrogens with zero attached hydrogens (tertiary/aromatic N) is 2. The molecule has 1 aliphatic heterocycles. The number of halogens is 1. The van der Waals surface area contributed by atoms with Crippen molar-refractivity contribution in [1.82, 2.24) is 15.5 Å². The summed E-state index contributed by atoms with van der Waals surface area (Å²) >= 11 is 0. The van der Waals surface area contributed by atoms with Crippen LogP contribution >= 0.6 is 24.0 Å². The lowest BCUT2D eigenvalue weighted by Gasteiger charge is -2.34. The van der Waals surface area contributed by atoms with Crippen molar-refractivity contribution in [2.45, 2.75) is 39.2 Å². The zero-order chi connectivity index (χ0) is 18.8. The number of hydrogen-bond acceptors (Lipinski definition) is 3. The van der Waals surface area contributed by atoms with Crippen LogP contribution in [-0.2, 0) is 4.79 Å². The van der Waals surface area contributed by atoms with Gasteiger partial charge in [0.25, 0.3) is 0 Å². The van der Waals surface area contributed by atoms with Crippen LogP contribution in [0.4, 0.5) is 0 Å². The minimum atomic E-state index is 0. The molecule has 0 saturated carbocycles. The number of hydrogen-bond donors (Lipinski definition) is 2. The third-order valence-electron chi connectivity index (χ3n) is 4.58. The Hall–Kier alpha value is -1.51. The van der Waals surface area contributed by atoms with Crippen LogP contribution in [0.1, 0.15) is 33.1 Å². The van der Waals surface area contributed by atoms with Gasteiger partial charge in [-0.15, -0.1) is 24.0 Å². The maximum absolute atomic E-state index is 11.6. The number of piperidine rings is 1. The molecule has 1 unspecified atom stereocenters. The second-order valence-corrected chi connectivity index (χ2v) is 6.74. The lowest BCUT2D eigenvalue weighted by atomic mass is 9.93. The first kappa shape index (κ1) is 23.5. The van der Waals surface area contributed by atoms with Gasteiger partial charge in [-0.05, 0) is 44.7 Å². The SMILES string of the molecule is CCNC(=NCC(C)Oc1ccccc1)N1CCC(CC(=O)NC)CC1.I. The lowest BCUT2D eigenvalue weighted by Crippen LogP contribution is -2.46. The number of carbonyl (C=O) groups is 1. The van der Waals surface area contributed by atoms with E-state index in [2.05, 4.69) is 22.5 Å². The topological polar surface area (TPSA) is 66.0 Å². The molecule has 1 aliphatic rings. The molecule has 2 rings (SSSR count). The van der Waals surface area contributed by atoms with Gasteiger partial charge in [0.15, 0.2) is 5.96 Å². The van der Waals surface area contributed by atoms with Crippen molar-refractivity contribution in [3.8, 4) is 5.75 Å². The fourth-order valence-electron chi connectivity index (χ4n) is 3.12. The molecule has 7 heteroatoms. The molecule has 6 nitrogen and oxygen atoms in total. The van der Waals surface area contributed by atoms with Crippen LogP contribution in [-0.4, -0.2) is 56.1 Å². The van der Waals surface area contributed by atoms with Crippen LogP contribution < -0.4 is 15.4 Å². The number of para-hydroxylation sites is 1. The van der Waals surface area contributed by atoms with Crippen LogP contribution in [0.3, 0.4) is 0 Å². The standard InChI is InChI=1S/C20H32N4O2.HI/c1-4-22-20(23-15-16(2)26-18-8-6-5-7-9-18)24-12-10-17(11-13-24)14-19(25)21-3;/h5-9,16-17H,4,10-15H2,1-3H3,(H,21,25)(H,22,23);1H. The Balaban J connectivity index is 0.00000364. The number of guanidine groups is 1. The normalized spacial score (nSPS) is 16.3.